The highest BCUT2D eigenvalue weighted by molar-refractivity contribution is 6.51. The van der Waals surface area contributed by atoms with Crippen molar-refractivity contribution in [3.63, 3.8) is 0 Å². The second kappa shape index (κ2) is 10.2. The first kappa shape index (κ1) is 25.9. The van der Waals surface area contributed by atoms with Gasteiger partial charge in [-0.25, -0.2) is 14.7 Å². The van der Waals surface area contributed by atoms with Crippen LogP contribution in [0.15, 0.2) is 101 Å². The van der Waals surface area contributed by atoms with Crippen molar-refractivity contribution in [2.45, 2.75) is 13.0 Å². The number of benzene rings is 4. The molecule has 0 saturated heterocycles. The standard InChI is InChI=1S/C34H28N6O4/c1-20-30-31(21-13-15-26(41-2)28(17-21)42-3)39-25-12-8-7-11-24(25)36-32(35-22-14-16-27-29(18-22)44-19-43-27)34(39)37-33(30)40(38-20)23-9-5-4-6-10-23/h4-18,31H,19H2,1-3H3,(H,35,36)/t31-/m0/s1. The van der Waals surface area contributed by atoms with E-state index in [2.05, 4.69) is 22.3 Å². The van der Waals surface area contributed by atoms with Gasteiger partial charge in [-0.2, -0.15) is 5.10 Å². The Morgan fingerprint density at radius 1 is 0.818 bits per heavy atom. The van der Waals surface area contributed by atoms with Gasteiger partial charge in [-0.05, 0) is 61.0 Å². The molecule has 44 heavy (non-hydrogen) atoms. The van der Waals surface area contributed by atoms with Crippen LogP contribution in [-0.4, -0.2) is 42.5 Å². The second-order valence-electron chi connectivity index (χ2n) is 10.5. The van der Waals surface area contributed by atoms with Crippen molar-refractivity contribution in [3.05, 3.63) is 108 Å². The molecule has 5 aromatic rings. The second-order valence-corrected chi connectivity index (χ2v) is 10.5. The van der Waals surface area contributed by atoms with E-state index in [1.165, 1.54) is 0 Å². The molecular weight excluding hydrogens is 556 g/mol. The molecule has 0 saturated carbocycles. The third kappa shape index (κ3) is 4.06. The quantitative estimate of drug-likeness (QED) is 0.245. The summed E-state index contributed by atoms with van der Waals surface area (Å²) in [5, 5.41) is 8.54. The predicted molar refractivity (Wildman–Crippen MR) is 169 cm³/mol. The number of aryl methyl sites for hydroxylation is 1. The number of amidine groups is 2. The first-order chi connectivity index (χ1) is 21.6. The molecule has 0 aliphatic carbocycles. The van der Waals surface area contributed by atoms with Crippen LogP contribution in [-0.2, 0) is 0 Å². The van der Waals surface area contributed by atoms with Crippen LogP contribution in [0.2, 0.25) is 0 Å². The van der Waals surface area contributed by atoms with Crippen LogP contribution in [0.4, 0.5) is 22.9 Å². The molecule has 0 amide bonds. The first-order valence-electron chi connectivity index (χ1n) is 14.2. The molecule has 1 atom stereocenters. The summed E-state index contributed by atoms with van der Waals surface area (Å²) in [6, 6.07) is 29.6. The summed E-state index contributed by atoms with van der Waals surface area (Å²) in [5.41, 5.74) is 6.32. The van der Waals surface area contributed by atoms with Crippen molar-refractivity contribution >= 4 is 34.6 Å². The zero-order valence-electron chi connectivity index (χ0n) is 24.3. The molecule has 4 heterocycles. The van der Waals surface area contributed by atoms with Gasteiger partial charge >= 0.3 is 0 Å². The number of rotatable bonds is 5. The lowest BCUT2D eigenvalue weighted by molar-refractivity contribution is 0.174. The highest BCUT2D eigenvalue weighted by atomic mass is 16.7. The van der Waals surface area contributed by atoms with E-state index in [1.54, 1.807) is 14.2 Å². The van der Waals surface area contributed by atoms with E-state index in [-0.39, 0.29) is 12.8 Å². The predicted octanol–water partition coefficient (Wildman–Crippen LogP) is 6.72. The smallest absolute Gasteiger partial charge is 0.231 e. The van der Waals surface area contributed by atoms with E-state index in [0.717, 1.165) is 45.4 Å². The minimum absolute atomic E-state index is 0.201. The van der Waals surface area contributed by atoms with Gasteiger partial charge in [0.25, 0.3) is 0 Å². The topological polar surface area (TPSA) is 94.7 Å². The molecule has 10 nitrogen and oxygen atoms in total. The monoisotopic (exact) mass is 584 g/mol. The summed E-state index contributed by atoms with van der Waals surface area (Å²) < 4.78 is 24.4. The summed E-state index contributed by atoms with van der Waals surface area (Å²) in [4.78, 5) is 12.6. The number of hydrogen-bond acceptors (Lipinski definition) is 9. The molecule has 10 heteroatoms. The maximum Gasteiger partial charge on any atom is 0.231 e. The van der Waals surface area contributed by atoms with Crippen molar-refractivity contribution in [2.75, 3.05) is 31.2 Å². The Labute approximate surface area is 253 Å². The number of ether oxygens (including phenoxy) is 4. The van der Waals surface area contributed by atoms with E-state index >= 15 is 0 Å². The number of fused-ring (bicyclic) bond motifs is 5. The molecule has 4 aromatic carbocycles. The van der Waals surface area contributed by atoms with Gasteiger partial charge in [0.2, 0.25) is 6.79 Å². The summed E-state index contributed by atoms with van der Waals surface area (Å²) in [7, 11) is 3.29. The van der Waals surface area contributed by atoms with Gasteiger partial charge in [-0.15, -0.1) is 0 Å². The Balaban J connectivity index is 1.36. The summed E-state index contributed by atoms with van der Waals surface area (Å²) >= 11 is 0. The van der Waals surface area contributed by atoms with E-state index in [4.69, 9.17) is 34.0 Å². The molecule has 0 fully saturated rings. The number of methoxy groups -OCH3 is 2. The third-order valence-corrected chi connectivity index (χ3v) is 8.00. The number of para-hydroxylation sites is 3. The van der Waals surface area contributed by atoms with Crippen LogP contribution < -0.4 is 29.2 Å². The lowest BCUT2D eigenvalue weighted by Gasteiger charge is -2.40. The van der Waals surface area contributed by atoms with Gasteiger partial charge in [0.15, 0.2) is 40.5 Å². The Bertz CT molecular complexity index is 1980. The summed E-state index contributed by atoms with van der Waals surface area (Å²) in [6.07, 6.45) is 0. The van der Waals surface area contributed by atoms with E-state index < -0.39 is 0 Å². The van der Waals surface area contributed by atoms with Crippen LogP contribution in [0.5, 0.6) is 23.0 Å². The van der Waals surface area contributed by atoms with Crippen LogP contribution in [0.1, 0.15) is 22.9 Å². The molecule has 3 aliphatic heterocycles. The van der Waals surface area contributed by atoms with Gasteiger partial charge in [-0.1, -0.05) is 36.4 Å². The average molecular weight is 585 g/mol. The molecule has 1 aromatic heterocycles. The zero-order chi connectivity index (χ0) is 29.8. The number of anilines is 2. The molecule has 0 bridgehead atoms. The van der Waals surface area contributed by atoms with Crippen LogP contribution in [0.3, 0.4) is 0 Å². The van der Waals surface area contributed by atoms with E-state index in [9.17, 15) is 0 Å². The maximum atomic E-state index is 5.75. The first-order valence-corrected chi connectivity index (χ1v) is 14.2. The Morgan fingerprint density at radius 2 is 1.61 bits per heavy atom. The molecule has 1 N–H and O–H groups in total. The van der Waals surface area contributed by atoms with Crippen molar-refractivity contribution in [3.8, 4) is 28.7 Å². The summed E-state index contributed by atoms with van der Waals surface area (Å²) in [5.74, 6) is 4.67. The normalized spacial score (nSPS) is 15.9. The van der Waals surface area contributed by atoms with E-state index in [0.29, 0.717) is 34.7 Å². The highest BCUT2D eigenvalue weighted by Gasteiger charge is 2.41. The fourth-order valence-corrected chi connectivity index (χ4v) is 6.00. The fraction of sp³-hybridized carbons (Fsp3) is 0.147. The maximum absolute atomic E-state index is 5.75. The number of aliphatic imine (C=N–C) groups is 2. The largest absolute Gasteiger partial charge is 0.493 e. The average Bonchev–Trinajstić information content (AvgIpc) is 3.67. The van der Waals surface area contributed by atoms with Crippen LogP contribution in [0.25, 0.3) is 5.69 Å². The van der Waals surface area contributed by atoms with Crippen molar-refractivity contribution < 1.29 is 18.9 Å². The minimum Gasteiger partial charge on any atom is -0.493 e. The van der Waals surface area contributed by atoms with Gasteiger partial charge in [0, 0.05) is 17.3 Å². The van der Waals surface area contributed by atoms with Crippen molar-refractivity contribution in [2.24, 2.45) is 9.98 Å². The SMILES string of the molecule is COc1ccc([C@H]2c3c(C)nn(-c4ccccc4)c3N=C3C(Nc4ccc5c(c4)OCO5)=Nc4ccccc4N32)cc1OC. The molecule has 218 valence electrons. The highest BCUT2D eigenvalue weighted by Crippen LogP contribution is 2.49. The molecule has 0 unspecified atom stereocenters. The van der Waals surface area contributed by atoms with Gasteiger partial charge in [0.1, 0.15) is 0 Å². The van der Waals surface area contributed by atoms with E-state index in [1.807, 2.05) is 90.5 Å². The van der Waals surface area contributed by atoms with Gasteiger partial charge in [0.05, 0.1) is 43.0 Å². The van der Waals surface area contributed by atoms with Crippen molar-refractivity contribution in [1.29, 1.82) is 0 Å². The number of nitrogens with zero attached hydrogens (tertiary/aromatic N) is 5. The number of hydrogen-bond donors (Lipinski definition) is 1. The summed E-state index contributed by atoms with van der Waals surface area (Å²) in [6.45, 7) is 2.23. The molecule has 0 radical (unpaired) electrons. The Kier molecular flexibility index (Phi) is 6.00. The van der Waals surface area contributed by atoms with Crippen molar-refractivity contribution in [1.82, 2.24) is 9.78 Å². The molecule has 3 aliphatic rings. The lowest BCUT2D eigenvalue weighted by Crippen LogP contribution is -2.46. The van der Waals surface area contributed by atoms with Crippen LogP contribution in [0, 0.1) is 6.92 Å². The Hall–Kier alpha value is -5.77. The number of nitrogens with one attached hydrogen (secondary N) is 1. The van der Waals surface area contributed by atoms with Gasteiger partial charge in [-0.3, -0.25) is 0 Å². The zero-order valence-corrected chi connectivity index (χ0v) is 24.3. The van der Waals surface area contributed by atoms with Crippen LogP contribution >= 0.6 is 0 Å². The molecule has 8 rings (SSSR count). The van der Waals surface area contributed by atoms with Gasteiger partial charge < -0.3 is 29.2 Å². The third-order valence-electron chi connectivity index (χ3n) is 8.00. The Morgan fingerprint density at radius 3 is 2.45 bits per heavy atom. The minimum atomic E-state index is -0.306. The fourth-order valence-electron chi connectivity index (χ4n) is 6.00. The molecular formula is C34H28N6O4. The lowest BCUT2D eigenvalue weighted by atomic mass is 9.93. The molecule has 0 spiro atoms. The number of aromatic nitrogens is 2.